The molecule has 0 radical (unpaired) electrons. The van der Waals surface area contributed by atoms with Crippen LogP contribution in [0.25, 0.3) is 0 Å². The van der Waals surface area contributed by atoms with Crippen molar-refractivity contribution in [3.8, 4) is 0 Å². The first-order chi connectivity index (χ1) is 27.2. The van der Waals surface area contributed by atoms with Gasteiger partial charge >= 0.3 is 19.8 Å². The molecule has 0 saturated heterocycles. The summed E-state index contributed by atoms with van der Waals surface area (Å²) in [6, 6.07) is 0. The third-order valence-corrected chi connectivity index (χ3v) is 9.27. The zero-order chi connectivity index (χ0) is 41.2. The van der Waals surface area contributed by atoms with E-state index in [0.29, 0.717) is 12.8 Å². The van der Waals surface area contributed by atoms with E-state index in [1.807, 2.05) is 18.2 Å². The quantitative estimate of drug-likeness (QED) is 0.0238. The fraction of sp³-hybridized carbons (Fsp3) is 0.644. The molecule has 0 heterocycles. The monoisotopic (exact) mass is 807 g/mol. The van der Waals surface area contributed by atoms with Crippen molar-refractivity contribution < 1.29 is 47.8 Å². The maximum Gasteiger partial charge on any atom is 0.472 e. The highest BCUT2D eigenvalue weighted by Gasteiger charge is 2.27. The molecule has 0 fully saturated rings. The Morgan fingerprint density at radius 1 is 0.571 bits per heavy atom. The minimum Gasteiger partial charge on any atom is -0.462 e. The van der Waals surface area contributed by atoms with E-state index in [4.69, 9.17) is 19.1 Å². The molecule has 0 bridgehead atoms. The normalized spacial score (nSPS) is 14.7. The van der Waals surface area contributed by atoms with Gasteiger partial charge in [0.1, 0.15) is 12.7 Å². The first-order valence-corrected chi connectivity index (χ1v) is 22.5. The summed E-state index contributed by atoms with van der Waals surface area (Å²) >= 11 is 0. The van der Waals surface area contributed by atoms with Crippen molar-refractivity contribution in [3.05, 3.63) is 85.1 Å². The number of rotatable bonds is 38. The molecule has 56 heavy (non-hydrogen) atoms. The minimum atomic E-state index is -4.65. The predicted molar refractivity (Wildman–Crippen MR) is 228 cm³/mol. The van der Waals surface area contributed by atoms with Crippen LogP contribution in [0.5, 0.6) is 0 Å². The number of hydrogen-bond donors (Lipinski definition) is 3. The van der Waals surface area contributed by atoms with Crippen molar-refractivity contribution in [2.75, 3.05) is 26.4 Å². The van der Waals surface area contributed by atoms with Crippen molar-refractivity contribution in [2.45, 2.75) is 161 Å². The van der Waals surface area contributed by atoms with Gasteiger partial charge in [-0.3, -0.25) is 18.6 Å². The van der Waals surface area contributed by atoms with Crippen LogP contribution in [0.4, 0.5) is 0 Å². The van der Waals surface area contributed by atoms with Crippen LogP contribution < -0.4 is 0 Å². The van der Waals surface area contributed by atoms with Crippen molar-refractivity contribution in [2.24, 2.45) is 0 Å². The topological polar surface area (TPSA) is 149 Å². The van der Waals surface area contributed by atoms with Gasteiger partial charge in [0.15, 0.2) is 6.10 Å². The third-order valence-electron chi connectivity index (χ3n) is 8.32. The van der Waals surface area contributed by atoms with Crippen LogP contribution in [0.2, 0.25) is 0 Å². The summed E-state index contributed by atoms with van der Waals surface area (Å²) in [5.41, 5.74) is 0. The summed E-state index contributed by atoms with van der Waals surface area (Å²) < 4.78 is 32.5. The molecular formula is C45H75O10P. The molecule has 11 heteroatoms. The van der Waals surface area contributed by atoms with Gasteiger partial charge in [0.25, 0.3) is 0 Å². The van der Waals surface area contributed by atoms with E-state index in [-0.39, 0.29) is 19.4 Å². The number of aliphatic hydroxyl groups excluding tert-OH is 2. The molecule has 0 amide bonds. The lowest BCUT2D eigenvalue weighted by Gasteiger charge is -2.20. The smallest absolute Gasteiger partial charge is 0.462 e. The Labute approximate surface area is 339 Å². The van der Waals surface area contributed by atoms with Gasteiger partial charge in [-0.15, -0.1) is 0 Å². The van der Waals surface area contributed by atoms with E-state index < -0.39 is 51.8 Å². The van der Waals surface area contributed by atoms with Crippen molar-refractivity contribution in [1.82, 2.24) is 0 Å². The van der Waals surface area contributed by atoms with Crippen molar-refractivity contribution >= 4 is 19.8 Å². The zero-order valence-corrected chi connectivity index (χ0v) is 35.5. The molecule has 3 atom stereocenters. The second-order valence-corrected chi connectivity index (χ2v) is 15.1. The van der Waals surface area contributed by atoms with E-state index in [1.54, 1.807) is 6.08 Å². The fourth-order valence-electron chi connectivity index (χ4n) is 5.10. The number of ether oxygens (including phenoxy) is 2. The average molecular weight is 807 g/mol. The number of phosphoric ester groups is 1. The molecule has 0 aliphatic carbocycles. The molecule has 3 N–H and O–H groups in total. The summed E-state index contributed by atoms with van der Waals surface area (Å²) in [6.45, 7) is 2.11. The highest BCUT2D eigenvalue weighted by atomic mass is 31.2. The summed E-state index contributed by atoms with van der Waals surface area (Å²) in [4.78, 5) is 34.9. The summed E-state index contributed by atoms with van der Waals surface area (Å²) in [6.07, 6.45) is 47.2. The molecule has 3 unspecified atom stereocenters. The van der Waals surface area contributed by atoms with Gasteiger partial charge in [-0.25, -0.2) is 4.57 Å². The van der Waals surface area contributed by atoms with Gasteiger partial charge in [-0.05, 0) is 70.6 Å². The number of unbranched alkanes of at least 4 members (excludes halogenated alkanes) is 11. The Morgan fingerprint density at radius 3 is 1.57 bits per heavy atom. The number of aliphatic hydroxyl groups is 2. The lowest BCUT2D eigenvalue weighted by atomic mass is 10.1. The summed E-state index contributed by atoms with van der Waals surface area (Å²) in [7, 11) is -4.65. The predicted octanol–water partition coefficient (Wildman–Crippen LogP) is 11.1. The number of carbonyl (C=O) groups excluding carboxylic acids is 2. The molecule has 0 aliphatic rings. The second-order valence-electron chi connectivity index (χ2n) is 13.6. The Hall–Kier alpha value is -2.85. The lowest BCUT2D eigenvalue weighted by Crippen LogP contribution is -2.29. The molecule has 0 rings (SSSR count). The minimum absolute atomic E-state index is 0.0540. The van der Waals surface area contributed by atoms with Crippen LogP contribution in [0.15, 0.2) is 85.1 Å². The van der Waals surface area contributed by atoms with Gasteiger partial charge in [-0.1, -0.05) is 150 Å². The Kier molecular flexibility index (Phi) is 38.3. The number of hydrogen-bond acceptors (Lipinski definition) is 9. The lowest BCUT2D eigenvalue weighted by molar-refractivity contribution is -0.160. The Bertz CT molecular complexity index is 1200. The second kappa shape index (κ2) is 40.4. The number of phosphoric acid groups is 1. The molecule has 0 saturated carbocycles. The van der Waals surface area contributed by atoms with E-state index in [9.17, 15) is 24.2 Å². The summed E-state index contributed by atoms with van der Waals surface area (Å²) in [5.74, 6) is -1.09. The highest BCUT2D eigenvalue weighted by Crippen LogP contribution is 2.43. The van der Waals surface area contributed by atoms with E-state index >= 15 is 0 Å². The summed E-state index contributed by atoms with van der Waals surface area (Å²) in [5, 5.41) is 18.3. The first-order valence-electron chi connectivity index (χ1n) is 21.0. The molecule has 320 valence electrons. The number of esters is 2. The molecule has 0 aliphatic heterocycles. The van der Waals surface area contributed by atoms with Gasteiger partial charge in [-0.2, -0.15) is 0 Å². The largest absolute Gasteiger partial charge is 0.472 e. The molecular weight excluding hydrogens is 731 g/mol. The van der Waals surface area contributed by atoms with Crippen LogP contribution in [0.1, 0.15) is 149 Å². The van der Waals surface area contributed by atoms with Crippen LogP contribution in [0.3, 0.4) is 0 Å². The van der Waals surface area contributed by atoms with Crippen LogP contribution in [-0.4, -0.2) is 65.7 Å². The molecule has 0 aromatic carbocycles. The molecule has 0 aromatic heterocycles. The van der Waals surface area contributed by atoms with E-state index in [1.165, 1.54) is 51.4 Å². The SMILES string of the molecule is CC/C=C\C/C=C\C/C=C\C/C=C\C/C=C\CC(=O)OC(COC(=O)CCCCCCCCC/C=C\C/C=C\CCCCCC)COP(=O)(O)OCC(O)CO. The fourth-order valence-corrected chi connectivity index (χ4v) is 5.89. The van der Waals surface area contributed by atoms with Gasteiger partial charge in [0.05, 0.1) is 26.2 Å². The maximum atomic E-state index is 12.5. The van der Waals surface area contributed by atoms with Crippen LogP contribution >= 0.6 is 7.82 Å². The van der Waals surface area contributed by atoms with Crippen LogP contribution in [0, 0.1) is 0 Å². The number of allylic oxidation sites excluding steroid dienone is 13. The first kappa shape index (κ1) is 53.1. The van der Waals surface area contributed by atoms with Crippen molar-refractivity contribution in [1.29, 1.82) is 0 Å². The highest BCUT2D eigenvalue weighted by molar-refractivity contribution is 7.47. The van der Waals surface area contributed by atoms with Gasteiger partial charge < -0.3 is 24.6 Å². The van der Waals surface area contributed by atoms with Crippen LogP contribution in [-0.2, 0) is 32.7 Å². The van der Waals surface area contributed by atoms with Gasteiger partial charge in [0.2, 0.25) is 0 Å². The van der Waals surface area contributed by atoms with E-state index in [2.05, 4.69) is 79.1 Å². The zero-order valence-electron chi connectivity index (χ0n) is 34.6. The molecule has 10 nitrogen and oxygen atoms in total. The maximum absolute atomic E-state index is 12.5. The number of carbonyl (C=O) groups is 2. The van der Waals surface area contributed by atoms with Crippen molar-refractivity contribution in [3.63, 3.8) is 0 Å². The van der Waals surface area contributed by atoms with E-state index in [0.717, 1.165) is 57.8 Å². The Morgan fingerprint density at radius 2 is 1.04 bits per heavy atom. The Balaban J connectivity index is 4.45. The van der Waals surface area contributed by atoms with Gasteiger partial charge in [0, 0.05) is 6.42 Å². The third kappa shape index (κ3) is 39.4. The average Bonchev–Trinajstić information content (AvgIpc) is 3.19. The molecule has 0 aromatic rings. The molecule has 0 spiro atoms. The standard InChI is InChI=1S/C45H75O10P/c1-3-5-7-9-11-13-15-17-19-20-21-23-24-26-28-30-32-34-36-44(48)52-40-43(41-54-56(50,51)53-39-42(47)38-46)55-45(49)37-35-33-31-29-27-25-22-18-16-14-12-10-8-6-4-2/h6,8,12-15,18-20,22,27,29,33,35,42-43,46-47H,3-5,7,9-11,16-17,21,23-26,28,30-32,34,36-41H2,1-2H3,(H,50,51)/b8-6-,14-12-,15-13-,20-19-,22-18-,29-27-,35-33-.